The fourth-order valence-electron chi connectivity index (χ4n) is 4.04. The first-order valence-electron chi connectivity index (χ1n) is 11.9. The molecule has 184 valence electrons. The average molecular weight is 527 g/mol. The summed E-state index contributed by atoms with van der Waals surface area (Å²) in [7, 11) is 0. The van der Waals surface area contributed by atoms with E-state index in [-0.39, 0.29) is 5.91 Å². The third-order valence-corrected chi connectivity index (χ3v) is 8.24. The van der Waals surface area contributed by atoms with Gasteiger partial charge in [0.25, 0.3) is 0 Å². The normalized spacial score (nSPS) is 11.5. The lowest BCUT2D eigenvalue weighted by molar-refractivity contribution is -0.118. The van der Waals surface area contributed by atoms with Crippen LogP contribution in [0.15, 0.2) is 53.4 Å². The summed E-state index contributed by atoms with van der Waals surface area (Å²) in [6, 6.07) is 16.2. The summed E-state index contributed by atoms with van der Waals surface area (Å²) in [6.07, 6.45) is 1.27. The number of thiazole rings is 1. The van der Waals surface area contributed by atoms with Crippen LogP contribution in [-0.2, 0) is 11.3 Å². The highest BCUT2D eigenvalue weighted by atomic mass is 35.5. The van der Waals surface area contributed by atoms with Gasteiger partial charge in [0.15, 0.2) is 5.13 Å². The Balaban J connectivity index is 1.50. The van der Waals surface area contributed by atoms with Crippen molar-refractivity contribution in [2.24, 2.45) is 0 Å². The van der Waals surface area contributed by atoms with E-state index in [9.17, 15) is 4.79 Å². The number of aryl methyl sites for hydroxylation is 2. The van der Waals surface area contributed by atoms with Crippen LogP contribution in [0.25, 0.3) is 10.2 Å². The Morgan fingerprint density at radius 1 is 1.17 bits per heavy atom. The molecule has 8 heteroatoms. The Kier molecular flexibility index (Phi) is 8.52. The number of para-hydroxylation sites is 1. The molecular weight excluding hydrogens is 496 g/mol. The molecule has 0 saturated heterocycles. The quantitative estimate of drug-likeness (QED) is 0.159. The predicted octanol–water partition coefficient (Wildman–Crippen LogP) is 7.49. The number of nitrogens with zero attached hydrogens (tertiary/aromatic N) is 4. The number of fused-ring (bicyclic) bond motifs is 1. The van der Waals surface area contributed by atoms with Crippen molar-refractivity contribution in [3.8, 4) is 0 Å². The zero-order chi connectivity index (χ0) is 24.9. The lowest BCUT2D eigenvalue weighted by Gasteiger charge is -2.20. The molecule has 0 aliphatic carbocycles. The highest BCUT2D eigenvalue weighted by Crippen LogP contribution is 2.34. The van der Waals surface area contributed by atoms with E-state index in [0.29, 0.717) is 25.4 Å². The maximum Gasteiger partial charge on any atom is 0.228 e. The Morgan fingerprint density at radius 2 is 1.94 bits per heavy atom. The van der Waals surface area contributed by atoms with E-state index in [4.69, 9.17) is 16.6 Å². The zero-order valence-corrected chi connectivity index (χ0v) is 23.0. The van der Waals surface area contributed by atoms with Crippen LogP contribution in [0, 0.1) is 13.8 Å². The number of carbonyl (C=O) groups is 1. The summed E-state index contributed by atoms with van der Waals surface area (Å²) in [5.41, 5.74) is 4.31. The van der Waals surface area contributed by atoms with Crippen LogP contribution in [0.5, 0.6) is 0 Å². The molecule has 0 atom stereocenters. The maximum absolute atomic E-state index is 13.4. The van der Waals surface area contributed by atoms with Gasteiger partial charge in [-0.15, -0.1) is 11.8 Å². The molecule has 0 bridgehead atoms. The molecular formula is C27H31ClN4OS2. The van der Waals surface area contributed by atoms with Gasteiger partial charge in [-0.3, -0.25) is 14.4 Å². The fraction of sp³-hybridized carbons (Fsp3) is 0.370. The van der Waals surface area contributed by atoms with Crippen molar-refractivity contribution in [3.05, 3.63) is 70.5 Å². The van der Waals surface area contributed by atoms with E-state index in [2.05, 4.69) is 43.2 Å². The lowest BCUT2D eigenvalue weighted by Crippen LogP contribution is -2.34. The Morgan fingerprint density at radius 3 is 2.63 bits per heavy atom. The molecule has 0 fully saturated rings. The minimum Gasteiger partial charge on any atom is -0.286 e. The molecule has 2 aromatic heterocycles. The number of carbonyl (C=O) groups excluding carboxylic acids is 1. The second kappa shape index (κ2) is 11.6. The summed E-state index contributed by atoms with van der Waals surface area (Å²) in [4.78, 5) is 21.4. The van der Waals surface area contributed by atoms with E-state index in [1.807, 2.05) is 47.7 Å². The fourth-order valence-corrected chi connectivity index (χ4v) is 6.06. The predicted molar refractivity (Wildman–Crippen MR) is 149 cm³/mol. The van der Waals surface area contributed by atoms with Gasteiger partial charge in [-0.2, -0.15) is 5.10 Å². The van der Waals surface area contributed by atoms with Crippen molar-refractivity contribution in [1.29, 1.82) is 0 Å². The summed E-state index contributed by atoms with van der Waals surface area (Å²) in [6.45, 7) is 9.58. The number of hydrogen-bond donors (Lipinski definition) is 0. The van der Waals surface area contributed by atoms with Gasteiger partial charge in [0, 0.05) is 28.6 Å². The van der Waals surface area contributed by atoms with Gasteiger partial charge in [-0.25, -0.2) is 4.98 Å². The molecule has 1 amide bonds. The molecule has 0 N–H and O–H groups in total. The molecule has 0 spiro atoms. The summed E-state index contributed by atoms with van der Waals surface area (Å²) in [5, 5.41) is 6.08. The van der Waals surface area contributed by atoms with E-state index in [0.717, 1.165) is 48.8 Å². The highest BCUT2D eigenvalue weighted by molar-refractivity contribution is 7.99. The maximum atomic E-state index is 13.4. The van der Waals surface area contributed by atoms with Crippen LogP contribution in [0.3, 0.4) is 0 Å². The first-order valence-corrected chi connectivity index (χ1v) is 14.1. The third kappa shape index (κ3) is 6.46. The second-order valence-electron chi connectivity index (χ2n) is 8.95. The van der Waals surface area contributed by atoms with Crippen molar-refractivity contribution < 1.29 is 4.79 Å². The molecule has 2 heterocycles. The first-order chi connectivity index (χ1) is 16.8. The molecule has 4 aromatic rings. The summed E-state index contributed by atoms with van der Waals surface area (Å²) in [5.74, 6) is 1.35. The molecule has 0 saturated carbocycles. The van der Waals surface area contributed by atoms with E-state index in [1.165, 1.54) is 5.56 Å². The van der Waals surface area contributed by atoms with Crippen molar-refractivity contribution in [1.82, 2.24) is 14.8 Å². The lowest BCUT2D eigenvalue weighted by atomic mass is 10.0. The van der Waals surface area contributed by atoms with Gasteiger partial charge >= 0.3 is 0 Å². The highest BCUT2D eigenvalue weighted by Gasteiger charge is 2.21. The largest absolute Gasteiger partial charge is 0.286 e. The molecule has 0 aliphatic rings. The Bertz CT molecular complexity index is 1300. The number of halogens is 1. The van der Waals surface area contributed by atoms with Crippen LogP contribution in [-0.4, -0.2) is 33.0 Å². The monoisotopic (exact) mass is 526 g/mol. The number of amides is 1. The third-order valence-electron chi connectivity index (χ3n) is 5.85. The molecule has 0 unspecified atom stereocenters. The Hall–Kier alpha value is -2.35. The number of anilines is 1. The van der Waals surface area contributed by atoms with Gasteiger partial charge in [-0.05, 0) is 73.9 Å². The first kappa shape index (κ1) is 25.7. The van der Waals surface area contributed by atoms with E-state index in [1.54, 1.807) is 23.1 Å². The summed E-state index contributed by atoms with van der Waals surface area (Å²) < 4.78 is 3.09. The second-order valence-corrected chi connectivity index (χ2v) is 11.6. The molecule has 0 radical (unpaired) electrons. The van der Waals surface area contributed by atoms with Gasteiger partial charge < -0.3 is 0 Å². The van der Waals surface area contributed by atoms with Crippen molar-refractivity contribution in [2.75, 3.05) is 17.2 Å². The molecule has 4 rings (SSSR count). The molecule has 2 aromatic carbocycles. The van der Waals surface area contributed by atoms with Crippen LogP contribution >= 0.6 is 34.7 Å². The molecule has 5 nitrogen and oxygen atoms in total. The zero-order valence-electron chi connectivity index (χ0n) is 20.6. The van der Waals surface area contributed by atoms with Crippen molar-refractivity contribution in [2.45, 2.75) is 57.9 Å². The molecule has 35 heavy (non-hydrogen) atoms. The van der Waals surface area contributed by atoms with Crippen molar-refractivity contribution in [3.63, 3.8) is 0 Å². The smallest absolute Gasteiger partial charge is 0.228 e. The standard InChI is InChI=1S/C27H31ClN4OS2/c1-18(2)23-7-5-8-24-26(23)29-27(35-24)31(14-15-32-20(4)17-19(3)30-32)25(33)9-6-16-34-22-12-10-21(28)11-13-22/h5,7-8,10-13,17-18H,6,9,14-16H2,1-4H3. The van der Waals surface area contributed by atoms with Gasteiger partial charge in [0.1, 0.15) is 0 Å². The SMILES string of the molecule is Cc1cc(C)n(CCN(C(=O)CCCSc2ccc(Cl)cc2)c2nc3c(C(C)C)cccc3s2)n1. The number of rotatable bonds is 10. The number of aromatic nitrogens is 3. The summed E-state index contributed by atoms with van der Waals surface area (Å²) >= 11 is 9.32. The number of hydrogen-bond acceptors (Lipinski definition) is 5. The number of benzene rings is 2. The molecule has 0 aliphatic heterocycles. The Labute approximate surface area is 220 Å². The van der Waals surface area contributed by atoms with Crippen LogP contribution < -0.4 is 4.90 Å². The van der Waals surface area contributed by atoms with Crippen LogP contribution in [0.4, 0.5) is 5.13 Å². The minimum atomic E-state index is 0.105. The van der Waals surface area contributed by atoms with E-state index < -0.39 is 0 Å². The van der Waals surface area contributed by atoms with Crippen molar-refractivity contribution >= 4 is 56.0 Å². The van der Waals surface area contributed by atoms with Gasteiger partial charge in [0.2, 0.25) is 5.91 Å². The van der Waals surface area contributed by atoms with Crippen LogP contribution in [0.1, 0.15) is 49.6 Å². The topological polar surface area (TPSA) is 51.0 Å². The van der Waals surface area contributed by atoms with Gasteiger partial charge in [-0.1, -0.05) is 48.9 Å². The van der Waals surface area contributed by atoms with E-state index >= 15 is 0 Å². The number of thioether (sulfide) groups is 1. The van der Waals surface area contributed by atoms with Gasteiger partial charge in [0.05, 0.1) is 22.5 Å². The minimum absolute atomic E-state index is 0.105. The average Bonchev–Trinajstić information content (AvgIpc) is 3.39. The van der Waals surface area contributed by atoms with Crippen LogP contribution in [0.2, 0.25) is 5.02 Å².